The molecule has 2 aliphatic carbocycles. The van der Waals surface area contributed by atoms with E-state index in [0.717, 1.165) is 44.9 Å². The topological polar surface area (TPSA) is 86.6 Å². The third-order valence-electron chi connectivity index (χ3n) is 4.97. The van der Waals surface area contributed by atoms with E-state index in [1.165, 1.54) is 0 Å². The molecule has 2 fully saturated rings. The molecule has 0 heterocycles. The molecule has 1 amide bonds. The normalized spacial score (nSPS) is 28.4. The molecule has 2 unspecified atom stereocenters. The van der Waals surface area contributed by atoms with E-state index < -0.39 is 5.97 Å². The van der Waals surface area contributed by atoms with Crippen LogP contribution in [0.3, 0.4) is 0 Å². The second kappa shape index (κ2) is 6.57. The fourth-order valence-electron chi connectivity index (χ4n) is 3.91. The van der Waals surface area contributed by atoms with E-state index in [1.807, 2.05) is 0 Å². The SMILES string of the molecule is O=C(O)CC1(CC(=O)NC2CCCC2CO)CCCC1. The van der Waals surface area contributed by atoms with Crippen LogP contribution in [0.25, 0.3) is 0 Å². The molecule has 2 saturated carbocycles. The molecule has 20 heavy (non-hydrogen) atoms. The number of aliphatic hydroxyl groups excluding tert-OH is 1. The maximum atomic E-state index is 12.2. The summed E-state index contributed by atoms with van der Waals surface area (Å²) in [5.41, 5.74) is -0.344. The quantitative estimate of drug-likeness (QED) is 0.692. The highest BCUT2D eigenvalue weighted by molar-refractivity contribution is 5.78. The van der Waals surface area contributed by atoms with Gasteiger partial charge in [-0.05, 0) is 31.1 Å². The first-order valence-corrected chi connectivity index (χ1v) is 7.67. The van der Waals surface area contributed by atoms with Gasteiger partial charge >= 0.3 is 5.97 Å². The maximum absolute atomic E-state index is 12.2. The minimum Gasteiger partial charge on any atom is -0.481 e. The number of amides is 1. The predicted octanol–water partition coefficient (Wildman–Crippen LogP) is 1.69. The monoisotopic (exact) mass is 283 g/mol. The number of carbonyl (C=O) groups is 2. The van der Waals surface area contributed by atoms with Crippen molar-refractivity contribution in [1.29, 1.82) is 0 Å². The molecule has 5 nitrogen and oxygen atoms in total. The van der Waals surface area contributed by atoms with Gasteiger partial charge in [-0.3, -0.25) is 9.59 Å². The molecule has 2 aliphatic rings. The smallest absolute Gasteiger partial charge is 0.303 e. The van der Waals surface area contributed by atoms with Crippen LogP contribution in [0, 0.1) is 11.3 Å². The number of aliphatic carboxylic acids is 1. The molecule has 0 aliphatic heterocycles. The zero-order valence-corrected chi connectivity index (χ0v) is 11.9. The van der Waals surface area contributed by atoms with Crippen LogP contribution in [0.5, 0.6) is 0 Å². The van der Waals surface area contributed by atoms with Gasteiger partial charge in [0.15, 0.2) is 0 Å². The summed E-state index contributed by atoms with van der Waals surface area (Å²) < 4.78 is 0. The van der Waals surface area contributed by atoms with Crippen molar-refractivity contribution in [3.63, 3.8) is 0 Å². The lowest BCUT2D eigenvalue weighted by molar-refractivity contribution is -0.140. The van der Waals surface area contributed by atoms with Gasteiger partial charge < -0.3 is 15.5 Å². The number of rotatable bonds is 6. The summed E-state index contributed by atoms with van der Waals surface area (Å²) in [6.07, 6.45) is 7.03. The summed E-state index contributed by atoms with van der Waals surface area (Å²) in [6, 6.07) is 0.0655. The van der Waals surface area contributed by atoms with Gasteiger partial charge in [-0.1, -0.05) is 19.3 Å². The summed E-state index contributed by atoms with van der Waals surface area (Å²) in [4.78, 5) is 23.2. The number of aliphatic hydroxyl groups is 1. The van der Waals surface area contributed by atoms with E-state index in [1.54, 1.807) is 0 Å². The lowest BCUT2D eigenvalue weighted by atomic mass is 9.79. The molecule has 0 aromatic heterocycles. The number of hydrogen-bond acceptors (Lipinski definition) is 3. The first kappa shape index (κ1) is 15.3. The molecule has 2 atom stereocenters. The van der Waals surface area contributed by atoms with E-state index in [9.17, 15) is 14.7 Å². The Bertz CT molecular complexity index is 363. The molecule has 0 saturated heterocycles. The molecule has 0 radical (unpaired) electrons. The molecule has 5 heteroatoms. The standard InChI is InChI=1S/C15H25NO4/c17-10-11-4-3-5-12(11)16-13(18)8-15(9-14(19)20)6-1-2-7-15/h11-12,17H,1-10H2,(H,16,18)(H,19,20). The fraction of sp³-hybridized carbons (Fsp3) is 0.867. The third kappa shape index (κ3) is 3.72. The molecule has 3 N–H and O–H groups in total. The maximum Gasteiger partial charge on any atom is 0.303 e. The van der Waals surface area contributed by atoms with E-state index in [0.29, 0.717) is 6.42 Å². The van der Waals surface area contributed by atoms with E-state index >= 15 is 0 Å². The van der Waals surface area contributed by atoms with Crippen LogP contribution in [0.4, 0.5) is 0 Å². The zero-order valence-electron chi connectivity index (χ0n) is 11.9. The number of nitrogens with one attached hydrogen (secondary N) is 1. The van der Waals surface area contributed by atoms with Crippen molar-refractivity contribution in [3.05, 3.63) is 0 Å². The minimum atomic E-state index is -0.811. The second-order valence-electron chi connectivity index (χ2n) is 6.50. The molecule has 0 aromatic rings. The fourth-order valence-corrected chi connectivity index (χ4v) is 3.91. The molecule has 2 rings (SSSR count). The third-order valence-corrected chi connectivity index (χ3v) is 4.97. The summed E-state index contributed by atoms with van der Waals surface area (Å²) in [6.45, 7) is 0.116. The largest absolute Gasteiger partial charge is 0.481 e. The highest BCUT2D eigenvalue weighted by Crippen LogP contribution is 2.44. The Morgan fingerprint density at radius 2 is 1.80 bits per heavy atom. The van der Waals surface area contributed by atoms with Gasteiger partial charge in [0.2, 0.25) is 5.91 Å². The van der Waals surface area contributed by atoms with Crippen molar-refractivity contribution < 1.29 is 19.8 Å². The molecule has 0 bridgehead atoms. The van der Waals surface area contributed by atoms with Crippen molar-refractivity contribution in [1.82, 2.24) is 5.32 Å². The van der Waals surface area contributed by atoms with Crippen LogP contribution >= 0.6 is 0 Å². The molecular weight excluding hydrogens is 258 g/mol. The summed E-state index contributed by atoms with van der Waals surface area (Å²) in [5, 5.41) is 21.3. The average Bonchev–Trinajstić information content (AvgIpc) is 2.97. The highest BCUT2D eigenvalue weighted by atomic mass is 16.4. The number of carboxylic acids is 1. The zero-order chi connectivity index (χ0) is 14.6. The Morgan fingerprint density at radius 1 is 1.10 bits per heavy atom. The van der Waals surface area contributed by atoms with Crippen LogP contribution in [-0.2, 0) is 9.59 Å². The minimum absolute atomic E-state index is 0.0431. The summed E-state index contributed by atoms with van der Waals surface area (Å²) in [7, 11) is 0. The first-order chi connectivity index (χ1) is 9.54. The van der Waals surface area contributed by atoms with Gasteiger partial charge in [-0.2, -0.15) is 0 Å². The van der Waals surface area contributed by atoms with E-state index in [4.69, 9.17) is 5.11 Å². The van der Waals surface area contributed by atoms with Gasteiger partial charge in [-0.25, -0.2) is 0 Å². The lowest BCUT2D eigenvalue weighted by Gasteiger charge is -2.28. The van der Waals surface area contributed by atoms with Crippen LogP contribution in [0.15, 0.2) is 0 Å². The second-order valence-corrected chi connectivity index (χ2v) is 6.50. The number of hydrogen-bond donors (Lipinski definition) is 3. The van der Waals surface area contributed by atoms with Crippen LogP contribution < -0.4 is 5.32 Å². The van der Waals surface area contributed by atoms with Crippen LogP contribution in [0.2, 0.25) is 0 Å². The van der Waals surface area contributed by atoms with Crippen LogP contribution in [0.1, 0.15) is 57.8 Å². The van der Waals surface area contributed by atoms with E-state index in [-0.39, 0.29) is 36.3 Å². The Labute approximate surface area is 119 Å². The van der Waals surface area contributed by atoms with Crippen molar-refractivity contribution in [2.24, 2.45) is 11.3 Å². The molecular formula is C15H25NO4. The van der Waals surface area contributed by atoms with E-state index in [2.05, 4.69) is 5.32 Å². The number of carbonyl (C=O) groups excluding carboxylic acids is 1. The van der Waals surface area contributed by atoms with Gasteiger partial charge in [0, 0.05) is 25.0 Å². The Hall–Kier alpha value is -1.10. The first-order valence-electron chi connectivity index (χ1n) is 7.67. The summed E-state index contributed by atoms with van der Waals surface area (Å²) >= 11 is 0. The van der Waals surface area contributed by atoms with Crippen molar-refractivity contribution >= 4 is 11.9 Å². The average molecular weight is 283 g/mol. The lowest BCUT2D eigenvalue weighted by Crippen LogP contribution is -2.41. The molecule has 0 aromatic carbocycles. The Kier molecular flexibility index (Phi) is 5.02. The Morgan fingerprint density at radius 3 is 2.40 bits per heavy atom. The molecule has 114 valence electrons. The van der Waals surface area contributed by atoms with Gasteiger partial charge in [0.1, 0.15) is 0 Å². The van der Waals surface area contributed by atoms with Gasteiger partial charge in [0.05, 0.1) is 6.42 Å². The Balaban J connectivity index is 1.90. The van der Waals surface area contributed by atoms with Crippen molar-refractivity contribution in [2.75, 3.05) is 6.61 Å². The van der Waals surface area contributed by atoms with Crippen LogP contribution in [-0.4, -0.2) is 34.7 Å². The van der Waals surface area contributed by atoms with Crippen molar-refractivity contribution in [2.45, 2.75) is 63.8 Å². The number of carboxylic acid groups (broad SMARTS) is 1. The summed E-state index contributed by atoms with van der Waals surface area (Å²) in [5.74, 6) is -0.690. The highest BCUT2D eigenvalue weighted by Gasteiger charge is 2.39. The predicted molar refractivity (Wildman–Crippen MR) is 74.1 cm³/mol. The van der Waals surface area contributed by atoms with Crippen molar-refractivity contribution in [3.8, 4) is 0 Å². The van der Waals surface area contributed by atoms with Gasteiger partial charge in [-0.15, -0.1) is 0 Å². The molecule has 0 spiro atoms. The van der Waals surface area contributed by atoms with Gasteiger partial charge in [0.25, 0.3) is 0 Å².